The van der Waals surface area contributed by atoms with Crippen molar-refractivity contribution in [1.82, 2.24) is 5.32 Å². The molecule has 15 nitrogen and oxygen atoms in total. The Balaban J connectivity index is 0.927. The number of carbonyl (C=O) groups excluding carboxylic acids is 5. The number of anilines is 3. The first-order chi connectivity index (χ1) is 35.6. The third-order valence-corrected chi connectivity index (χ3v) is 17.4. The van der Waals surface area contributed by atoms with Gasteiger partial charge in [-0.25, -0.2) is 0 Å². The van der Waals surface area contributed by atoms with Gasteiger partial charge in [0.1, 0.15) is 25.0 Å². The highest BCUT2D eigenvalue weighted by molar-refractivity contribution is 8.77. The van der Waals surface area contributed by atoms with Gasteiger partial charge >= 0.3 is 0 Å². The van der Waals surface area contributed by atoms with E-state index in [0.29, 0.717) is 93.2 Å². The number of carbonyl (C=O) groups is 5. The first-order valence-electron chi connectivity index (χ1n) is 24.8. The molecule has 17 heteroatoms. The molecule has 0 aliphatic carbocycles. The number of methoxy groups -OCH3 is 2. The van der Waals surface area contributed by atoms with Crippen LogP contribution in [-0.4, -0.2) is 84.2 Å². The van der Waals surface area contributed by atoms with E-state index >= 15 is 0 Å². The molecule has 4 aliphatic rings. The maximum Gasteiger partial charge on any atom is 0.261 e. The van der Waals surface area contributed by atoms with E-state index in [1.165, 1.54) is 14.2 Å². The minimum absolute atomic E-state index is 0.0132. The molecule has 384 valence electrons. The van der Waals surface area contributed by atoms with E-state index in [9.17, 15) is 24.0 Å². The second-order valence-electron chi connectivity index (χ2n) is 19.6. The summed E-state index contributed by atoms with van der Waals surface area (Å²) in [5, 5.41) is 6.14. The van der Waals surface area contributed by atoms with Crippen LogP contribution < -0.4 is 39.4 Å². The van der Waals surface area contributed by atoms with Gasteiger partial charge in [-0.15, -0.1) is 0 Å². The Morgan fingerprint density at radius 2 is 1.23 bits per heavy atom. The smallest absolute Gasteiger partial charge is 0.261 e. The molecule has 74 heavy (non-hydrogen) atoms. The topological polar surface area (TPSA) is 178 Å². The summed E-state index contributed by atoms with van der Waals surface area (Å²) in [5.74, 6) is 0.543. The fourth-order valence-electron chi connectivity index (χ4n) is 9.45. The van der Waals surface area contributed by atoms with Gasteiger partial charge in [-0.2, -0.15) is 0 Å². The highest BCUT2D eigenvalue weighted by Gasteiger charge is 2.38. The number of Topliss-reactive ketones (excluding diaryl/α,β-unsaturated/α-hetero) is 1. The van der Waals surface area contributed by atoms with Crippen LogP contribution in [-0.2, 0) is 40.4 Å². The summed E-state index contributed by atoms with van der Waals surface area (Å²) in [7, 11) is 6.45. The number of nitrogens with zero attached hydrogens (tertiary/aromatic N) is 4. The number of fused-ring (bicyclic) bond motifs is 8. The van der Waals surface area contributed by atoms with Crippen molar-refractivity contribution in [3.63, 3.8) is 0 Å². The minimum Gasteiger partial charge on any atom is -0.493 e. The van der Waals surface area contributed by atoms with E-state index < -0.39 is 11.9 Å². The lowest BCUT2D eigenvalue weighted by Gasteiger charge is -2.25. The zero-order chi connectivity index (χ0) is 52.3. The number of aliphatic imine (C=N–C) groups is 2. The van der Waals surface area contributed by atoms with E-state index in [2.05, 4.69) is 31.4 Å². The summed E-state index contributed by atoms with van der Waals surface area (Å²) >= 11 is 0. The third kappa shape index (κ3) is 11.5. The van der Waals surface area contributed by atoms with Gasteiger partial charge in [0.2, 0.25) is 11.8 Å². The van der Waals surface area contributed by atoms with Crippen LogP contribution in [0.1, 0.15) is 103 Å². The number of ether oxygens (including phenoxy) is 4. The quantitative estimate of drug-likeness (QED) is 0.0709. The summed E-state index contributed by atoms with van der Waals surface area (Å²) in [5.41, 5.74) is 7.30. The van der Waals surface area contributed by atoms with Crippen LogP contribution in [0, 0.1) is 0 Å². The number of benzene rings is 5. The van der Waals surface area contributed by atoms with Crippen LogP contribution in [0.3, 0.4) is 0 Å². The minimum atomic E-state index is -0.869. The second-order valence-corrected chi connectivity index (χ2v) is 23.0. The van der Waals surface area contributed by atoms with Gasteiger partial charge in [0.15, 0.2) is 23.0 Å². The van der Waals surface area contributed by atoms with E-state index in [-0.39, 0.29) is 60.0 Å². The second kappa shape index (κ2) is 22.2. The lowest BCUT2D eigenvalue weighted by Crippen LogP contribution is -2.42. The van der Waals surface area contributed by atoms with Crippen molar-refractivity contribution < 1.29 is 42.9 Å². The van der Waals surface area contributed by atoms with Gasteiger partial charge in [-0.1, -0.05) is 64.9 Å². The Hall–Kier alpha value is -7.11. The van der Waals surface area contributed by atoms with Crippen molar-refractivity contribution in [3.05, 3.63) is 124 Å². The SMILES string of the molecule is COc1cc2c(cc1OCc1cc(COc3cc4c(cc3OC)C(=O)N3c5ccccc5C[C@H]3C=N4)cc(NC(=O)[C@H](C)NC(=O)CCC(C)(C)SSC(C)CCC(C)=O)c1)N=C[C@@H]1Cc3ccccc3N1C2=O. The first kappa shape index (κ1) is 51.8. The number of ketones is 1. The molecule has 4 aliphatic heterocycles. The lowest BCUT2D eigenvalue weighted by atomic mass is 10.1. The van der Waals surface area contributed by atoms with Crippen LogP contribution in [0.15, 0.2) is 101 Å². The van der Waals surface area contributed by atoms with Crippen molar-refractivity contribution in [1.29, 1.82) is 0 Å². The number of para-hydroxylation sites is 2. The van der Waals surface area contributed by atoms with Gasteiger partial charge < -0.3 is 34.4 Å². The van der Waals surface area contributed by atoms with Gasteiger partial charge in [0, 0.05) is 77.3 Å². The van der Waals surface area contributed by atoms with Crippen LogP contribution >= 0.6 is 21.6 Å². The number of amides is 4. The van der Waals surface area contributed by atoms with E-state index in [0.717, 1.165) is 28.9 Å². The fourth-order valence-corrected chi connectivity index (χ4v) is 12.1. The molecule has 9 rings (SSSR count). The van der Waals surface area contributed by atoms with Gasteiger partial charge in [-0.05, 0) is 105 Å². The fraction of sp³-hybridized carbons (Fsp3) is 0.351. The average Bonchev–Trinajstić information content (AvgIpc) is 3.88. The van der Waals surface area contributed by atoms with Crippen LogP contribution in [0.2, 0.25) is 0 Å². The zero-order valence-electron chi connectivity index (χ0n) is 42.6. The normalized spacial score (nSPS) is 16.9. The molecule has 5 aromatic rings. The monoisotopic (exact) mass is 1040 g/mol. The molecular weight excluding hydrogens is 977 g/mol. The molecule has 0 saturated heterocycles. The molecule has 0 bridgehead atoms. The van der Waals surface area contributed by atoms with Crippen LogP contribution in [0.4, 0.5) is 28.4 Å². The molecule has 4 amide bonds. The molecule has 5 aromatic carbocycles. The van der Waals surface area contributed by atoms with E-state index in [1.54, 1.807) is 94.1 Å². The Bertz CT molecular complexity index is 2920. The number of hydrogen-bond acceptors (Lipinski definition) is 13. The number of hydrogen-bond donors (Lipinski definition) is 2. The molecule has 0 aromatic heterocycles. The maximum atomic E-state index is 14.1. The van der Waals surface area contributed by atoms with Crippen molar-refractivity contribution >= 4 is 91.9 Å². The highest BCUT2D eigenvalue weighted by Crippen LogP contribution is 2.44. The van der Waals surface area contributed by atoms with Crippen molar-refractivity contribution in [2.45, 2.75) is 114 Å². The summed E-state index contributed by atoms with van der Waals surface area (Å²) < 4.78 is 24.2. The number of rotatable bonds is 20. The lowest BCUT2D eigenvalue weighted by molar-refractivity contribution is -0.126. The third-order valence-electron chi connectivity index (χ3n) is 13.4. The zero-order valence-corrected chi connectivity index (χ0v) is 44.2. The molecule has 4 heterocycles. The summed E-state index contributed by atoms with van der Waals surface area (Å²) in [4.78, 5) is 79.7. The van der Waals surface area contributed by atoms with Crippen LogP contribution in [0.25, 0.3) is 0 Å². The molecule has 0 saturated carbocycles. The molecule has 2 N–H and O–H groups in total. The molecule has 0 spiro atoms. The van der Waals surface area contributed by atoms with Crippen molar-refractivity contribution in [3.8, 4) is 23.0 Å². The Morgan fingerprint density at radius 3 is 1.73 bits per heavy atom. The van der Waals surface area contributed by atoms with Crippen LogP contribution in [0.5, 0.6) is 23.0 Å². The predicted octanol–water partition coefficient (Wildman–Crippen LogP) is 10.6. The first-order valence-corrected chi connectivity index (χ1v) is 27.0. The van der Waals surface area contributed by atoms with Crippen molar-refractivity contribution in [2.24, 2.45) is 9.98 Å². The average molecular weight is 1040 g/mol. The van der Waals surface area contributed by atoms with Gasteiger partial charge in [-0.3, -0.25) is 39.0 Å². The summed E-state index contributed by atoms with van der Waals surface area (Å²) in [6, 6.07) is 26.6. The van der Waals surface area contributed by atoms with E-state index in [1.807, 2.05) is 54.6 Å². The van der Waals surface area contributed by atoms with Crippen molar-refractivity contribution in [2.75, 3.05) is 29.3 Å². The summed E-state index contributed by atoms with van der Waals surface area (Å²) in [6.07, 6.45) is 7.09. The number of nitrogens with one attached hydrogen (secondary N) is 2. The largest absolute Gasteiger partial charge is 0.493 e. The predicted molar refractivity (Wildman–Crippen MR) is 293 cm³/mol. The molecule has 1 unspecified atom stereocenters. The summed E-state index contributed by atoms with van der Waals surface area (Å²) in [6.45, 7) is 9.54. The molecular formula is C57H60N6O9S2. The van der Waals surface area contributed by atoms with Gasteiger partial charge in [0.05, 0.1) is 48.8 Å². The van der Waals surface area contributed by atoms with Gasteiger partial charge in [0.25, 0.3) is 11.8 Å². The Labute approximate surface area is 439 Å². The molecule has 4 atom stereocenters. The Kier molecular flexibility index (Phi) is 15.5. The Morgan fingerprint density at radius 1 is 0.716 bits per heavy atom. The standard InChI is InChI=1S/C57H60N6O9S2/c1-33(64)16-17-34(2)73-74-57(4,5)19-18-53(65)60-35(3)54(66)61-40-21-36(31-71-51-27-45-43(25-49(51)69-6)55(67)62-41(29-58-45)23-38-12-8-10-14-47(38)62)20-37(22-40)32-72-52-28-46-44(26-50(52)70-7)56(68)63-42(30-59-46)24-39-13-9-11-15-48(39)63/h8-15,20-22,25-30,34-35,41-42H,16-19,23-24,31-32H2,1-7H3,(H,60,65)(H,61,66)/t34?,35-,41-,42-/m0/s1. The maximum absolute atomic E-state index is 14.1. The van der Waals surface area contributed by atoms with E-state index in [4.69, 9.17) is 28.9 Å². The molecule has 0 fully saturated rings. The molecule has 0 radical (unpaired) electrons. The highest BCUT2D eigenvalue weighted by atomic mass is 33.1.